The van der Waals surface area contributed by atoms with Gasteiger partial charge in [0.25, 0.3) is 5.56 Å². The number of rotatable bonds is 6. The van der Waals surface area contributed by atoms with E-state index in [0.29, 0.717) is 23.4 Å². The van der Waals surface area contributed by atoms with Gasteiger partial charge >= 0.3 is 0 Å². The summed E-state index contributed by atoms with van der Waals surface area (Å²) in [6.07, 6.45) is -0.665. The second-order valence-corrected chi connectivity index (χ2v) is 5.30. The third kappa shape index (κ3) is 3.61. The van der Waals surface area contributed by atoms with Gasteiger partial charge in [0, 0.05) is 6.54 Å². The predicted molar refractivity (Wildman–Crippen MR) is 77.5 cm³/mol. The number of nitrogens with zero attached hydrogens (tertiary/aromatic N) is 3. The van der Waals surface area contributed by atoms with E-state index < -0.39 is 6.10 Å². The monoisotopic (exact) mass is 276 g/mol. The third-order valence-corrected chi connectivity index (χ3v) is 2.95. The van der Waals surface area contributed by atoms with Crippen LogP contribution in [0.15, 0.2) is 29.1 Å². The Hall–Kier alpha value is -1.79. The fraction of sp³-hybridized carbons (Fsp3) is 0.500. The highest BCUT2D eigenvalue weighted by Gasteiger charge is 2.10. The first-order valence-electron chi connectivity index (χ1n) is 6.79. The number of aliphatic hydroxyl groups excluding tert-OH is 1. The Bertz CT molecular complexity index is 624. The second kappa shape index (κ2) is 6.58. The lowest BCUT2D eigenvalue weighted by molar-refractivity contribution is 0.143. The van der Waals surface area contributed by atoms with Gasteiger partial charge in [-0.3, -0.25) is 4.79 Å². The summed E-state index contributed by atoms with van der Waals surface area (Å²) in [5.74, 6) is 0.519. The molecule has 2 N–H and O–H groups in total. The molecule has 108 valence electrons. The number of aliphatic hydroxyl groups is 1. The van der Waals surface area contributed by atoms with Gasteiger partial charge in [-0.25, -0.2) is 4.68 Å². The van der Waals surface area contributed by atoms with E-state index in [9.17, 15) is 9.90 Å². The lowest BCUT2D eigenvalue weighted by atomic mass is 10.2. The van der Waals surface area contributed by atoms with E-state index in [1.165, 1.54) is 4.68 Å². The van der Waals surface area contributed by atoms with Crippen LogP contribution in [0.3, 0.4) is 0 Å². The molecule has 6 nitrogen and oxygen atoms in total. The van der Waals surface area contributed by atoms with E-state index in [1.807, 2.05) is 6.07 Å². The van der Waals surface area contributed by atoms with Gasteiger partial charge in [0.15, 0.2) is 0 Å². The number of fused-ring (bicyclic) bond motifs is 1. The van der Waals surface area contributed by atoms with Gasteiger partial charge in [-0.05, 0) is 24.6 Å². The highest BCUT2D eigenvalue weighted by molar-refractivity contribution is 5.76. The van der Waals surface area contributed by atoms with E-state index in [1.54, 1.807) is 18.2 Å². The second-order valence-electron chi connectivity index (χ2n) is 5.30. The number of benzene rings is 1. The summed E-state index contributed by atoms with van der Waals surface area (Å²) in [4.78, 5) is 12.2. The predicted octanol–water partition coefficient (Wildman–Crippen LogP) is 0.398. The fourth-order valence-electron chi connectivity index (χ4n) is 1.95. The topological polar surface area (TPSA) is 80.0 Å². The van der Waals surface area contributed by atoms with Crippen LogP contribution in [0.25, 0.3) is 10.9 Å². The van der Waals surface area contributed by atoms with Crippen LogP contribution in [-0.2, 0) is 6.54 Å². The van der Waals surface area contributed by atoms with Crippen LogP contribution in [0.4, 0.5) is 0 Å². The maximum atomic E-state index is 12.2. The molecule has 6 heteroatoms. The third-order valence-electron chi connectivity index (χ3n) is 2.95. The van der Waals surface area contributed by atoms with E-state index in [0.717, 1.165) is 6.54 Å². The Kier molecular flexibility index (Phi) is 4.81. The van der Waals surface area contributed by atoms with E-state index in [-0.39, 0.29) is 12.1 Å². The van der Waals surface area contributed by atoms with Crippen molar-refractivity contribution in [1.82, 2.24) is 20.3 Å². The van der Waals surface area contributed by atoms with Crippen LogP contribution < -0.4 is 10.9 Å². The largest absolute Gasteiger partial charge is 0.390 e. The van der Waals surface area contributed by atoms with E-state index in [4.69, 9.17) is 0 Å². The molecule has 0 aliphatic heterocycles. The minimum Gasteiger partial charge on any atom is -0.390 e. The van der Waals surface area contributed by atoms with Crippen molar-refractivity contribution in [2.75, 3.05) is 13.1 Å². The van der Waals surface area contributed by atoms with Gasteiger partial charge in [0.05, 0.1) is 18.0 Å². The lowest BCUT2D eigenvalue weighted by Crippen LogP contribution is -2.36. The zero-order chi connectivity index (χ0) is 14.5. The van der Waals surface area contributed by atoms with Crippen LogP contribution in [0.2, 0.25) is 0 Å². The molecule has 2 aromatic rings. The Morgan fingerprint density at radius 3 is 2.80 bits per heavy atom. The molecule has 1 aromatic heterocycles. The number of hydrogen-bond acceptors (Lipinski definition) is 5. The molecule has 1 heterocycles. The molecular formula is C14H20N4O2. The molecule has 0 aliphatic rings. The zero-order valence-electron chi connectivity index (χ0n) is 11.8. The Morgan fingerprint density at radius 1 is 1.30 bits per heavy atom. The van der Waals surface area contributed by atoms with Crippen LogP contribution in [0.1, 0.15) is 13.8 Å². The van der Waals surface area contributed by atoms with Crippen LogP contribution in [0, 0.1) is 5.92 Å². The maximum Gasteiger partial charge on any atom is 0.277 e. The number of aromatic nitrogens is 3. The van der Waals surface area contributed by atoms with Crippen molar-refractivity contribution in [3.8, 4) is 0 Å². The minimum absolute atomic E-state index is 0.141. The quantitative estimate of drug-likeness (QED) is 0.798. The first kappa shape index (κ1) is 14.6. The molecule has 1 atom stereocenters. The molecule has 2 rings (SSSR count). The normalized spacial score (nSPS) is 13.0. The van der Waals surface area contributed by atoms with Gasteiger partial charge in [-0.1, -0.05) is 31.2 Å². The Morgan fingerprint density at radius 2 is 2.05 bits per heavy atom. The van der Waals surface area contributed by atoms with Crippen molar-refractivity contribution >= 4 is 10.9 Å². The fourth-order valence-corrected chi connectivity index (χ4v) is 1.95. The number of hydrogen-bond donors (Lipinski definition) is 2. The molecule has 0 spiro atoms. The van der Waals surface area contributed by atoms with Crippen LogP contribution in [-0.4, -0.2) is 39.3 Å². The lowest BCUT2D eigenvalue weighted by Gasteiger charge is -2.13. The molecule has 0 aliphatic carbocycles. The highest BCUT2D eigenvalue weighted by atomic mass is 16.3. The highest BCUT2D eigenvalue weighted by Crippen LogP contribution is 2.03. The van der Waals surface area contributed by atoms with Gasteiger partial charge in [-0.15, -0.1) is 5.10 Å². The maximum absolute atomic E-state index is 12.2. The molecule has 0 saturated carbocycles. The summed E-state index contributed by atoms with van der Waals surface area (Å²) < 4.78 is 1.21. The van der Waals surface area contributed by atoms with Gasteiger partial charge in [0.1, 0.15) is 5.52 Å². The Balaban J connectivity index is 2.06. The summed E-state index contributed by atoms with van der Waals surface area (Å²) in [7, 11) is 0. The van der Waals surface area contributed by atoms with Gasteiger partial charge < -0.3 is 10.4 Å². The molecule has 0 radical (unpaired) electrons. The molecule has 0 amide bonds. The molecule has 1 aromatic carbocycles. The van der Waals surface area contributed by atoms with Crippen molar-refractivity contribution in [2.24, 2.45) is 5.92 Å². The molecule has 0 fully saturated rings. The minimum atomic E-state index is -0.665. The van der Waals surface area contributed by atoms with Crippen molar-refractivity contribution in [2.45, 2.75) is 26.5 Å². The first-order chi connectivity index (χ1) is 9.58. The summed E-state index contributed by atoms with van der Waals surface area (Å²) in [6, 6.07) is 7.06. The Labute approximate surface area is 117 Å². The molecule has 0 bridgehead atoms. The molecule has 1 unspecified atom stereocenters. The summed E-state index contributed by atoms with van der Waals surface area (Å²) in [5, 5.41) is 21.4. The van der Waals surface area contributed by atoms with E-state index >= 15 is 0 Å². The zero-order valence-corrected chi connectivity index (χ0v) is 11.8. The average Bonchev–Trinajstić information content (AvgIpc) is 2.42. The van der Waals surface area contributed by atoms with Crippen molar-refractivity contribution in [3.05, 3.63) is 34.6 Å². The summed E-state index contributed by atoms with van der Waals surface area (Å²) in [5.41, 5.74) is 0.347. The van der Waals surface area contributed by atoms with Gasteiger partial charge in [0.2, 0.25) is 0 Å². The first-order valence-corrected chi connectivity index (χ1v) is 6.79. The van der Waals surface area contributed by atoms with Crippen LogP contribution >= 0.6 is 0 Å². The average molecular weight is 276 g/mol. The van der Waals surface area contributed by atoms with Crippen molar-refractivity contribution < 1.29 is 5.11 Å². The van der Waals surface area contributed by atoms with Crippen LogP contribution in [0.5, 0.6) is 0 Å². The SMILES string of the molecule is CC(C)CNCC(O)Cn1nnc2ccccc2c1=O. The molecule has 0 saturated heterocycles. The smallest absolute Gasteiger partial charge is 0.277 e. The van der Waals surface area contributed by atoms with Crippen molar-refractivity contribution in [1.29, 1.82) is 0 Å². The number of nitrogens with one attached hydrogen (secondary N) is 1. The molecular weight excluding hydrogens is 256 g/mol. The summed E-state index contributed by atoms with van der Waals surface area (Å²) in [6.45, 7) is 5.59. The van der Waals surface area contributed by atoms with Crippen molar-refractivity contribution in [3.63, 3.8) is 0 Å². The standard InChI is InChI=1S/C14H20N4O2/c1-10(2)7-15-8-11(19)9-18-14(20)12-5-3-4-6-13(12)16-17-18/h3-6,10-11,15,19H,7-9H2,1-2H3. The van der Waals surface area contributed by atoms with Gasteiger partial charge in [-0.2, -0.15) is 0 Å². The molecule has 20 heavy (non-hydrogen) atoms. The summed E-state index contributed by atoms with van der Waals surface area (Å²) >= 11 is 0. The van der Waals surface area contributed by atoms with E-state index in [2.05, 4.69) is 29.5 Å².